The molecule has 0 radical (unpaired) electrons. The first kappa shape index (κ1) is 16.6. The Morgan fingerprint density at radius 2 is 1.81 bits per heavy atom. The topological polar surface area (TPSA) is 67.2 Å². The average molecular weight is 399 g/mol. The molecule has 7 heteroatoms. The van der Waals surface area contributed by atoms with Gasteiger partial charge >= 0.3 is 7.12 Å². The van der Waals surface area contributed by atoms with Crippen molar-refractivity contribution in [2.24, 2.45) is 5.11 Å². The van der Waals surface area contributed by atoms with Gasteiger partial charge in [0.05, 0.1) is 17.7 Å². The van der Waals surface area contributed by atoms with Gasteiger partial charge in [-0.25, -0.2) is 0 Å². The predicted octanol–water partition coefficient (Wildman–Crippen LogP) is 3.71. The van der Waals surface area contributed by atoms with Crippen molar-refractivity contribution < 1.29 is 9.31 Å². The molecule has 1 aliphatic rings. The van der Waals surface area contributed by atoms with Crippen LogP contribution in [0.15, 0.2) is 17.2 Å². The van der Waals surface area contributed by atoms with Gasteiger partial charge in [0.2, 0.25) is 0 Å². The van der Waals surface area contributed by atoms with Gasteiger partial charge in [-0.2, -0.15) is 0 Å². The van der Waals surface area contributed by atoms with E-state index in [1.165, 1.54) is 0 Å². The van der Waals surface area contributed by atoms with E-state index in [1.807, 2.05) is 40.7 Å². The monoisotopic (exact) mass is 399 g/mol. The molecule has 0 spiro atoms. The summed E-state index contributed by atoms with van der Waals surface area (Å²) >= 11 is 2.26. The molecule has 1 fully saturated rings. The summed E-state index contributed by atoms with van der Waals surface area (Å²) in [6.07, 6.45) is 0. The highest BCUT2D eigenvalue weighted by atomic mass is 127. The van der Waals surface area contributed by atoms with Crippen molar-refractivity contribution in [1.82, 2.24) is 0 Å². The quantitative estimate of drug-likeness (QED) is 0.256. The summed E-state index contributed by atoms with van der Waals surface area (Å²) in [7, 11) is -0.394. The Morgan fingerprint density at radius 1 is 1.24 bits per heavy atom. The van der Waals surface area contributed by atoms with E-state index >= 15 is 0 Å². The molecule has 1 saturated heterocycles. The zero-order chi connectivity index (χ0) is 15.8. The fourth-order valence-corrected chi connectivity index (χ4v) is 2.96. The van der Waals surface area contributed by atoms with Crippen LogP contribution >= 0.6 is 22.6 Å². The SMILES string of the molecule is Cc1c(CN=[N+]=[N-])cc(I)cc1B1OC(C)(C)C(C)(C)O1. The third-order valence-corrected chi connectivity index (χ3v) is 4.95. The normalized spacial score (nSPS) is 19.4. The first-order chi connectivity index (χ1) is 9.68. The smallest absolute Gasteiger partial charge is 0.399 e. The van der Waals surface area contributed by atoms with Gasteiger partial charge in [-0.05, 0) is 91.5 Å². The second-order valence-corrected chi connectivity index (χ2v) is 7.50. The summed E-state index contributed by atoms with van der Waals surface area (Å²) in [4.78, 5) is 2.84. The van der Waals surface area contributed by atoms with Crippen LogP contribution in [-0.2, 0) is 15.9 Å². The van der Waals surface area contributed by atoms with Gasteiger partial charge in [-0.1, -0.05) is 5.11 Å². The van der Waals surface area contributed by atoms with Gasteiger partial charge in [0.25, 0.3) is 0 Å². The summed E-state index contributed by atoms with van der Waals surface area (Å²) in [6, 6.07) is 4.09. The summed E-state index contributed by atoms with van der Waals surface area (Å²) in [5, 5.41) is 3.66. The van der Waals surface area contributed by atoms with E-state index in [1.54, 1.807) is 0 Å². The van der Waals surface area contributed by atoms with Crippen LogP contribution in [0.3, 0.4) is 0 Å². The van der Waals surface area contributed by atoms with E-state index in [2.05, 4.69) is 38.7 Å². The third-order valence-electron chi connectivity index (χ3n) is 4.33. The lowest BCUT2D eigenvalue weighted by Gasteiger charge is -2.32. The van der Waals surface area contributed by atoms with Crippen LogP contribution in [-0.4, -0.2) is 18.3 Å². The molecule has 2 rings (SSSR count). The number of azide groups is 1. The molecule has 21 heavy (non-hydrogen) atoms. The molecule has 1 aliphatic heterocycles. The van der Waals surface area contributed by atoms with Crippen LogP contribution in [0.1, 0.15) is 38.8 Å². The molecule has 1 aromatic rings. The Balaban J connectivity index is 2.41. The van der Waals surface area contributed by atoms with Gasteiger partial charge in [0.1, 0.15) is 0 Å². The Labute approximate surface area is 139 Å². The lowest BCUT2D eigenvalue weighted by atomic mass is 9.75. The van der Waals surface area contributed by atoms with Crippen LogP contribution in [0.2, 0.25) is 0 Å². The molecule has 1 aromatic carbocycles. The van der Waals surface area contributed by atoms with Crippen molar-refractivity contribution in [2.45, 2.75) is 52.4 Å². The summed E-state index contributed by atoms with van der Waals surface area (Å²) < 4.78 is 13.3. The highest BCUT2D eigenvalue weighted by Gasteiger charge is 2.52. The molecular weight excluding hydrogens is 380 g/mol. The zero-order valence-corrected chi connectivity index (χ0v) is 15.1. The van der Waals surface area contributed by atoms with Crippen LogP contribution in [0, 0.1) is 10.5 Å². The lowest BCUT2D eigenvalue weighted by Crippen LogP contribution is -2.41. The Morgan fingerprint density at radius 3 is 2.33 bits per heavy atom. The minimum Gasteiger partial charge on any atom is -0.399 e. The maximum Gasteiger partial charge on any atom is 0.495 e. The van der Waals surface area contributed by atoms with Gasteiger partial charge < -0.3 is 9.31 Å². The Bertz CT molecular complexity index is 596. The number of hydrogen-bond donors (Lipinski definition) is 0. The van der Waals surface area contributed by atoms with Crippen LogP contribution < -0.4 is 5.46 Å². The largest absolute Gasteiger partial charge is 0.495 e. The highest BCUT2D eigenvalue weighted by Crippen LogP contribution is 2.37. The van der Waals surface area contributed by atoms with E-state index in [0.29, 0.717) is 6.54 Å². The van der Waals surface area contributed by atoms with E-state index in [9.17, 15) is 0 Å². The average Bonchev–Trinajstić information content (AvgIpc) is 2.59. The Kier molecular flexibility index (Phi) is 4.59. The second-order valence-electron chi connectivity index (χ2n) is 6.26. The maximum absolute atomic E-state index is 8.51. The van der Waals surface area contributed by atoms with Crippen LogP contribution in [0.25, 0.3) is 10.4 Å². The fraction of sp³-hybridized carbons (Fsp3) is 0.571. The van der Waals surface area contributed by atoms with Crippen molar-refractivity contribution in [2.75, 3.05) is 0 Å². The molecule has 1 heterocycles. The second kappa shape index (κ2) is 5.80. The number of halogens is 1. The summed E-state index contributed by atoms with van der Waals surface area (Å²) in [6.45, 7) is 10.5. The minimum atomic E-state index is -0.394. The van der Waals surface area contributed by atoms with E-state index in [4.69, 9.17) is 14.8 Å². The maximum atomic E-state index is 8.51. The molecule has 0 unspecified atom stereocenters. The number of benzene rings is 1. The molecule has 0 amide bonds. The van der Waals surface area contributed by atoms with Gasteiger partial charge in [-0.3, -0.25) is 0 Å². The molecule has 0 aromatic heterocycles. The molecular formula is C14H19BIN3O2. The minimum absolute atomic E-state index is 0.339. The lowest BCUT2D eigenvalue weighted by molar-refractivity contribution is 0.00578. The zero-order valence-electron chi connectivity index (χ0n) is 13.0. The number of nitrogens with zero attached hydrogens (tertiary/aromatic N) is 3. The van der Waals surface area contributed by atoms with Crippen molar-refractivity contribution in [3.05, 3.63) is 37.3 Å². The molecule has 112 valence electrons. The third kappa shape index (κ3) is 3.21. The first-order valence-electron chi connectivity index (χ1n) is 6.83. The Hall–Kier alpha value is -0.755. The molecule has 0 bridgehead atoms. The van der Waals surface area contributed by atoms with E-state index in [0.717, 1.165) is 20.2 Å². The van der Waals surface area contributed by atoms with Gasteiger partial charge in [0, 0.05) is 8.48 Å². The predicted molar refractivity (Wildman–Crippen MR) is 92.5 cm³/mol. The number of rotatable bonds is 3. The van der Waals surface area contributed by atoms with Crippen molar-refractivity contribution >= 4 is 35.2 Å². The molecule has 0 aliphatic carbocycles. The molecule has 0 N–H and O–H groups in total. The van der Waals surface area contributed by atoms with E-state index < -0.39 is 7.12 Å². The molecule has 0 atom stereocenters. The van der Waals surface area contributed by atoms with Crippen LogP contribution in [0.5, 0.6) is 0 Å². The van der Waals surface area contributed by atoms with Crippen molar-refractivity contribution in [1.29, 1.82) is 0 Å². The standard InChI is InChI=1S/C14H19BIN3O2/c1-9-10(8-18-19-17)6-11(16)7-12(9)15-20-13(2,3)14(4,5)21-15/h6-7H,8H2,1-5H3. The first-order valence-corrected chi connectivity index (χ1v) is 7.91. The van der Waals surface area contributed by atoms with E-state index in [-0.39, 0.29) is 11.2 Å². The van der Waals surface area contributed by atoms with Gasteiger partial charge in [-0.15, -0.1) is 0 Å². The number of hydrogen-bond acceptors (Lipinski definition) is 3. The molecule has 5 nitrogen and oxygen atoms in total. The summed E-state index contributed by atoms with van der Waals surface area (Å²) in [5.41, 5.74) is 10.8. The highest BCUT2D eigenvalue weighted by molar-refractivity contribution is 14.1. The molecule has 0 saturated carbocycles. The van der Waals surface area contributed by atoms with Gasteiger partial charge in [0.15, 0.2) is 0 Å². The van der Waals surface area contributed by atoms with Crippen molar-refractivity contribution in [3.8, 4) is 0 Å². The summed E-state index contributed by atoms with van der Waals surface area (Å²) in [5.74, 6) is 0. The van der Waals surface area contributed by atoms with Crippen LogP contribution in [0.4, 0.5) is 0 Å². The fourth-order valence-electron chi connectivity index (χ4n) is 2.25. The van der Waals surface area contributed by atoms with Crippen molar-refractivity contribution in [3.63, 3.8) is 0 Å².